The minimum Gasteiger partial charge on any atom is -0.463 e. The molecule has 0 aliphatic carbocycles. The number of benzene rings is 1. The maximum Gasteiger partial charge on any atom is 0.334 e. The Hall–Kier alpha value is -3.46. The molecule has 1 aromatic carbocycles. The first-order chi connectivity index (χ1) is 15.5. The molecule has 0 saturated carbocycles. The molecular formula is C24H26N2O6S. The van der Waals surface area contributed by atoms with Crippen LogP contribution in [-0.4, -0.2) is 41.5 Å². The molecular weight excluding hydrogens is 444 g/mol. The lowest BCUT2D eigenvalue weighted by Gasteiger charge is -2.19. The van der Waals surface area contributed by atoms with Crippen LogP contribution in [0, 0.1) is 0 Å². The Labute approximate surface area is 192 Å². The highest BCUT2D eigenvalue weighted by molar-refractivity contribution is 7.90. The molecule has 3 aromatic rings. The molecule has 2 aromatic heterocycles. The third-order valence-electron chi connectivity index (χ3n) is 4.48. The fourth-order valence-electron chi connectivity index (χ4n) is 3.19. The van der Waals surface area contributed by atoms with Crippen molar-refractivity contribution in [3.05, 3.63) is 66.0 Å². The molecule has 0 bridgehead atoms. The zero-order valence-corrected chi connectivity index (χ0v) is 19.8. The van der Waals surface area contributed by atoms with Gasteiger partial charge in [-0.3, -0.25) is 4.79 Å². The summed E-state index contributed by atoms with van der Waals surface area (Å²) in [7, 11) is -3.94. The number of ether oxygens (including phenoxy) is 2. The monoisotopic (exact) mass is 470 g/mol. The van der Waals surface area contributed by atoms with Gasteiger partial charge in [0.1, 0.15) is 5.60 Å². The molecule has 9 heteroatoms. The Balaban J connectivity index is 2.13. The first-order valence-electron chi connectivity index (χ1n) is 10.4. The van der Waals surface area contributed by atoms with Crippen LogP contribution in [0.2, 0.25) is 0 Å². The molecule has 0 amide bonds. The van der Waals surface area contributed by atoms with Gasteiger partial charge in [-0.05, 0) is 58.0 Å². The smallest absolute Gasteiger partial charge is 0.334 e. The largest absolute Gasteiger partial charge is 0.463 e. The molecule has 174 valence electrons. The molecule has 33 heavy (non-hydrogen) atoms. The number of nitrogens with zero attached hydrogens (tertiary/aromatic N) is 2. The quantitative estimate of drug-likeness (QED) is 0.380. The summed E-state index contributed by atoms with van der Waals surface area (Å²) in [6.07, 6.45) is 3.99. The Kier molecular flexibility index (Phi) is 7.02. The lowest BCUT2D eigenvalue weighted by atomic mass is 10.1. The number of esters is 2. The van der Waals surface area contributed by atoms with Gasteiger partial charge in [0.2, 0.25) is 0 Å². The van der Waals surface area contributed by atoms with Crippen LogP contribution in [0.5, 0.6) is 0 Å². The van der Waals surface area contributed by atoms with Crippen molar-refractivity contribution >= 4 is 39.1 Å². The van der Waals surface area contributed by atoms with Crippen molar-refractivity contribution in [1.82, 2.24) is 8.96 Å². The lowest BCUT2D eigenvalue weighted by Crippen LogP contribution is -2.25. The van der Waals surface area contributed by atoms with Crippen LogP contribution in [0.4, 0.5) is 0 Å². The van der Waals surface area contributed by atoms with Crippen molar-refractivity contribution in [3.63, 3.8) is 0 Å². The Bertz CT molecular complexity index is 1300. The molecule has 8 nitrogen and oxygen atoms in total. The van der Waals surface area contributed by atoms with E-state index in [4.69, 9.17) is 9.47 Å². The van der Waals surface area contributed by atoms with E-state index < -0.39 is 27.6 Å². The number of carbonyl (C=O) groups is 2. The Morgan fingerprint density at radius 2 is 1.79 bits per heavy atom. The van der Waals surface area contributed by atoms with Crippen LogP contribution in [-0.2, 0) is 29.1 Å². The van der Waals surface area contributed by atoms with Crippen molar-refractivity contribution in [2.75, 3.05) is 6.61 Å². The van der Waals surface area contributed by atoms with E-state index in [0.29, 0.717) is 10.9 Å². The van der Waals surface area contributed by atoms with E-state index in [1.807, 2.05) is 0 Å². The van der Waals surface area contributed by atoms with Gasteiger partial charge in [-0.25, -0.2) is 22.2 Å². The van der Waals surface area contributed by atoms with Gasteiger partial charge in [0.15, 0.2) is 5.65 Å². The van der Waals surface area contributed by atoms with E-state index in [1.54, 1.807) is 58.0 Å². The van der Waals surface area contributed by atoms with E-state index in [-0.39, 0.29) is 29.1 Å². The molecule has 0 aliphatic heterocycles. The van der Waals surface area contributed by atoms with Crippen LogP contribution in [0.1, 0.15) is 39.7 Å². The number of hydrogen-bond donors (Lipinski definition) is 0. The van der Waals surface area contributed by atoms with Gasteiger partial charge in [-0.15, -0.1) is 0 Å². The standard InChI is InChI=1S/C24H26N2O6S/c1-5-31-23(28)17(15-21(27)32-24(2,3)4)14-18-16-26(22-20(18)12-9-13-25-22)33(29,30)19-10-7-6-8-11-19/h6-14,16H,5,15H2,1-4H3/b17-14+. The van der Waals surface area contributed by atoms with E-state index in [1.165, 1.54) is 30.6 Å². The molecule has 0 fully saturated rings. The molecule has 0 spiro atoms. The van der Waals surface area contributed by atoms with Crippen molar-refractivity contribution in [1.29, 1.82) is 0 Å². The third-order valence-corrected chi connectivity index (χ3v) is 6.15. The average molecular weight is 471 g/mol. The van der Waals surface area contributed by atoms with Gasteiger partial charge in [0.25, 0.3) is 10.0 Å². The van der Waals surface area contributed by atoms with Crippen molar-refractivity contribution in [2.45, 2.75) is 44.6 Å². The second-order valence-electron chi connectivity index (χ2n) is 8.23. The maximum absolute atomic E-state index is 13.3. The summed E-state index contributed by atoms with van der Waals surface area (Å²) in [6.45, 7) is 6.96. The van der Waals surface area contributed by atoms with Crippen LogP contribution in [0.3, 0.4) is 0 Å². The van der Waals surface area contributed by atoms with Crippen LogP contribution < -0.4 is 0 Å². The highest BCUT2D eigenvalue weighted by Crippen LogP contribution is 2.27. The summed E-state index contributed by atoms with van der Waals surface area (Å²) in [5.41, 5.74) is -0.0657. The first-order valence-corrected chi connectivity index (χ1v) is 11.8. The number of aromatic nitrogens is 2. The van der Waals surface area contributed by atoms with E-state index in [0.717, 1.165) is 3.97 Å². The predicted molar refractivity (Wildman–Crippen MR) is 124 cm³/mol. The van der Waals surface area contributed by atoms with E-state index in [2.05, 4.69) is 4.98 Å². The van der Waals surface area contributed by atoms with E-state index in [9.17, 15) is 18.0 Å². The summed E-state index contributed by atoms with van der Waals surface area (Å²) in [5, 5.41) is 0.503. The molecule has 0 aliphatic rings. The molecule has 0 saturated heterocycles. The zero-order chi connectivity index (χ0) is 24.2. The fourth-order valence-corrected chi connectivity index (χ4v) is 4.54. The first kappa shape index (κ1) is 24.2. The minimum absolute atomic E-state index is 0.0473. The number of hydrogen-bond acceptors (Lipinski definition) is 7. The van der Waals surface area contributed by atoms with E-state index >= 15 is 0 Å². The molecule has 0 radical (unpaired) electrons. The fraction of sp³-hybridized carbons (Fsp3) is 0.292. The summed E-state index contributed by atoms with van der Waals surface area (Å²) in [6, 6.07) is 11.3. The topological polar surface area (TPSA) is 105 Å². The van der Waals surface area contributed by atoms with Crippen molar-refractivity contribution < 1.29 is 27.5 Å². The van der Waals surface area contributed by atoms with Gasteiger partial charge in [-0.1, -0.05) is 18.2 Å². The lowest BCUT2D eigenvalue weighted by molar-refractivity contribution is -0.155. The second kappa shape index (κ2) is 9.58. The molecule has 0 unspecified atom stereocenters. The second-order valence-corrected chi connectivity index (χ2v) is 10.0. The molecule has 0 atom stereocenters. The number of pyridine rings is 1. The molecule has 2 heterocycles. The summed E-state index contributed by atoms with van der Waals surface area (Å²) < 4.78 is 38.0. The SMILES string of the molecule is CCOC(=O)/C(=C/c1cn(S(=O)(=O)c2ccccc2)c2ncccc12)CC(=O)OC(C)(C)C. The number of fused-ring (bicyclic) bond motifs is 1. The Morgan fingerprint density at radius 1 is 1.09 bits per heavy atom. The van der Waals surface area contributed by atoms with Gasteiger partial charge in [-0.2, -0.15) is 0 Å². The molecule has 3 rings (SSSR count). The van der Waals surface area contributed by atoms with Crippen molar-refractivity contribution in [2.24, 2.45) is 0 Å². The predicted octanol–water partition coefficient (Wildman–Crippen LogP) is 3.95. The minimum atomic E-state index is -3.94. The normalized spacial score (nSPS) is 12.5. The maximum atomic E-state index is 13.3. The highest BCUT2D eigenvalue weighted by atomic mass is 32.2. The van der Waals surface area contributed by atoms with Crippen LogP contribution in [0.15, 0.2) is 65.3 Å². The van der Waals surface area contributed by atoms with Crippen molar-refractivity contribution in [3.8, 4) is 0 Å². The summed E-state index contributed by atoms with van der Waals surface area (Å²) >= 11 is 0. The summed E-state index contributed by atoms with van der Waals surface area (Å²) in [5.74, 6) is -1.28. The van der Waals surface area contributed by atoms with Crippen LogP contribution >= 0.6 is 0 Å². The third kappa shape index (κ3) is 5.67. The van der Waals surface area contributed by atoms with Crippen LogP contribution in [0.25, 0.3) is 17.1 Å². The summed E-state index contributed by atoms with van der Waals surface area (Å²) in [4.78, 5) is 29.3. The average Bonchev–Trinajstić information content (AvgIpc) is 3.12. The number of carbonyl (C=O) groups excluding carboxylic acids is 2. The molecule has 0 N–H and O–H groups in total. The van der Waals surface area contributed by atoms with Gasteiger partial charge < -0.3 is 9.47 Å². The van der Waals surface area contributed by atoms with Gasteiger partial charge in [0, 0.05) is 28.9 Å². The Morgan fingerprint density at radius 3 is 2.42 bits per heavy atom. The van der Waals surface area contributed by atoms with Gasteiger partial charge in [0.05, 0.1) is 17.9 Å². The highest BCUT2D eigenvalue weighted by Gasteiger charge is 2.24. The van der Waals surface area contributed by atoms with Gasteiger partial charge >= 0.3 is 11.9 Å². The zero-order valence-electron chi connectivity index (χ0n) is 18.9. The number of rotatable bonds is 7.